The smallest absolute Gasteiger partial charge is 0.330 e. The van der Waals surface area contributed by atoms with Crippen LogP contribution in [0.15, 0.2) is 23.9 Å². The third kappa shape index (κ3) is 4.70. The molecular formula is C11H19NO2. The fourth-order valence-corrected chi connectivity index (χ4v) is 1.09. The molecule has 0 aromatic heterocycles. The van der Waals surface area contributed by atoms with Gasteiger partial charge in [0.1, 0.15) is 0 Å². The van der Waals surface area contributed by atoms with Gasteiger partial charge in [-0.3, -0.25) is 0 Å². The Bertz CT molecular complexity index is 244. The van der Waals surface area contributed by atoms with Crippen LogP contribution in [0, 0.1) is 11.8 Å². The fourth-order valence-electron chi connectivity index (χ4n) is 1.09. The highest BCUT2D eigenvalue weighted by molar-refractivity contribution is 5.80. The van der Waals surface area contributed by atoms with Crippen molar-refractivity contribution in [1.82, 2.24) is 0 Å². The van der Waals surface area contributed by atoms with Gasteiger partial charge >= 0.3 is 5.97 Å². The van der Waals surface area contributed by atoms with Gasteiger partial charge in [-0.15, -0.1) is 0 Å². The molecule has 0 aliphatic rings. The average Bonchev–Trinajstić information content (AvgIpc) is 2.11. The number of allylic oxidation sites excluding steroid dienone is 3. The van der Waals surface area contributed by atoms with Gasteiger partial charge in [-0.1, -0.05) is 32.9 Å². The van der Waals surface area contributed by atoms with E-state index in [1.807, 2.05) is 13.8 Å². The largest absolute Gasteiger partial charge is 0.478 e. The van der Waals surface area contributed by atoms with E-state index in [-0.39, 0.29) is 11.8 Å². The molecule has 0 radical (unpaired) electrons. The summed E-state index contributed by atoms with van der Waals surface area (Å²) in [4.78, 5) is 10.4. The molecule has 80 valence electrons. The second-order valence-electron chi connectivity index (χ2n) is 3.47. The fraction of sp³-hybridized carbons (Fsp3) is 0.545. The van der Waals surface area contributed by atoms with Gasteiger partial charge in [-0.05, 0) is 12.3 Å². The van der Waals surface area contributed by atoms with Crippen molar-refractivity contribution >= 4 is 5.97 Å². The first kappa shape index (κ1) is 12.8. The molecule has 3 N–H and O–H groups in total. The van der Waals surface area contributed by atoms with Crippen LogP contribution in [-0.2, 0) is 4.79 Å². The third-order valence-corrected chi connectivity index (χ3v) is 2.28. The molecule has 2 atom stereocenters. The lowest BCUT2D eigenvalue weighted by atomic mass is 9.92. The van der Waals surface area contributed by atoms with Crippen LogP contribution in [0.2, 0.25) is 0 Å². The number of hydrogen-bond acceptors (Lipinski definition) is 2. The molecule has 3 heteroatoms. The molecule has 0 aliphatic heterocycles. The van der Waals surface area contributed by atoms with E-state index in [4.69, 9.17) is 10.8 Å². The molecule has 0 aliphatic carbocycles. The summed E-state index contributed by atoms with van der Waals surface area (Å²) >= 11 is 0. The van der Waals surface area contributed by atoms with E-state index in [0.29, 0.717) is 5.70 Å². The molecular weight excluding hydrogens is 178 g/mol. The Morgan fingerprint density at radius 1 is 1.50 bits per heavy atom. The number of carbonyl (C=O) groups is 1. The van der Waals surface area contributed by atoms with Crippen molar-refractivity contribution in [2.24, 2.45) is 17.6 Å². The van der Waals surface area contributed by atoms with E-state index in [1.165, 1.54) is 0 Å². The summed E-state index contributed by atoms with van der Waals surface area (Å²) in [7, 11) is 0. The summed E-state index contributed by atoms with van der Waals surface area (Å²) in [5, 5.41) is 8.52. The number of aliphatic carboxylic acids is 1. The maximum atomic E-state index is 10.4. The van der Waals surface area contributed by atoms with Crippen LogP contribution in [0.25, 0.3) is 0 Å². The second-order valence-corrected chi connectivity index (χ2v) is 3.47. The standard InChI is InChI=1S/C11H19NO2/c1-4-5-6-8(2)9(3)10(12)7-11(13)14/h5-9H,4,12H2,1-3H3,(H,13,14)/t8-,9-/m1/s1. The van der Waals surface area contributed by atoms with Crippen LogP contribution < -0.4 is 5.73 Å². The predicted octanol–water partition coefficient (Wildman–Crippen LogP) is 2.15. The average molecular weight is 197 g/mol. The minimum atomic E-state index is -0.985. The van der Waals surface area contributed by atoms with Gasteiger partial charge < -0.3 is 10.8 Å². The highest BCUT2D eigenvalue weighted by Crippen LogP contribution is 2.17. The lowest BCUT2D eigenvalue weighted by Crippen LogP contribution is -2.16. The molecule has 0 fully saturated rings. The van der Waals surface area contributed by atoms with E-state index < -0.39 is 5.97 Å². The SMILES string of the molecule is CCC=C[C@@H](C)[C@@H](C)C(N)=CC(=O)O. The summed E-state index contributed by atoms with van der Waals surface area (Å²) in [5.74, 6) is -0.652. The lowest BCUT2D eigenvalue weighted by molar-refractivity contribution is -0.131. The van der Waals surface area contributed by atoms with Crippen molar-refractivity contribution in [3.63, 3.8) is 0 Å². The Kier molecular flexibility index (Phi) is 5.68. The summed E-state index contributed by atoms with van der Waals surface area (Å²) < 4.78 is 0. The summed E-state index contributed by atoms with van der Waals surface area (Å²) in [5.41, 5.74) is 6.06. The van der Waals surface area contributed by atoms with Crippen LogP contribution in [0.4, 0.5) is 0 Å². The predicted molar refractivity (Wildman–Crippen MR) is 57.7 cm³/mol. The molecule has 0 saturated heterocycles. The van der Waals surface area contributed by atoms with Crippen molar-refractivity contribution in [3.8, 4) is 0 Å². The normalized spacial score (nSPS) is 16.9. The van der Waals surface area contributed by atoms with Crippen molar-refractivity contribution in [1.29, 1.82) is 0 Å². The van der Waals surface area contributed by atoms with E-state index in [2.05, 4.69) is 19.1 Å². The van der Waals surface area contributed by atoms with Crippen molar-refractivity contribution in [3.05, 3.63) is 23.9 Å². The monoisotopic (exact) mass is 197 g/mol. The zero-order valence-corrected chi connectivity index (χ0v) is 9.03. The van der Waals surface area contributed by atoms with Crippen LogP contribution in [0.3, 0.4) is 0 Å². The van der Waals surface area contributed by atoms with E-state index >= 15 is 0 Å². The highest BCUT2D eigenvalue weighted by Gasteiger charge is 2.12. The first-order valence-electron chi connectivity index (χ1n) is 4.85. The van der Waals surface area contributed by atoms with Gasteiger partial charge in [-0.25, -0.2) is 4.79 Å². The topological polar surface area (TPSA) is 63.3 Å². The van der Waals surface area contributed by atoms with Gasteiger partial charge in [0.05, 0.1) is 0 Å². The molecule has 0 aromatic rings. The number of rotatable bonds is 5. The van der Waals surface area contributed by atoms with Crippen LogP contribution >= 0.6 is 0 Å². The minimum Gasteiger partial charge on any atom is -0.478 e. The first-order valence-corrected chi connectivity index (χ1v) is 4.85. The molecule has 0 aromatic carbocycles. The number of hydrogen-bond donors (Lipinski definition) is 2. The van der Waals surface area contributed by atoms with E-state index in [0.717, 1.165) is 12.5 Å². The summed E-state index contributed by atoms with van der Waals surface area (Å²) in [6.07, 6.45) is 6.18. The van der Waals surface area contributed by atoms with Gasteiger partial charge in [-0.2, -0.15) is 0 Å². The van der Waals surface area contributed by atoms with Crippen molar-refractivity contribution in [2.75, 3.05) is 0 Å². The van der Waals surface area contributed by atoms with E-state index in [9.17, 15) is 4.79 Å². The number of nitrogens with two attached hydrogens (primary N) is 1. The quantitative estimate of drug-likeness (QED) is 0.524. The molecule has 14 heavy (non-hydrogen) atoms. The van der Waals surface area contributed by atoms with Crippen LogP contribution in [0.5, 0.6) is 0 Å². The van der Waals surface area contributed by atoms with Crippen LogP contribution in [0.1, 0.15) is 27.2 Å². The Hall–Kier alpha value is -1.25. The van der Waals surface area contributed by atoms with E-state index in [1.54, 1.807) is 0 Å². The summed E-state index contributed by atoms with van der Waals surface area (Å²) in [6.45, 7) is 6.02. The van der Waals surface area contributed by atoms with Gasteiger partial charge in [0.15, 0.2) is 0 Å². The minimum absolute atomic E-state index is 0.0638. The Balaban J connectivity index is 4.37. The zero-order chi connectivity index (χ0) is 11.1. The number of carboxylic acids is 1. The van der Waals surface area contributed by atoms with Gasteiger partial charge in [0.25, 0.3) is 0 Å². The summed E-state index contributed by atoms with van der Waals surface area (Å²) in [6, 6.07) is 0. The Morgan fingerprint density at radius 3 is 2.50 bits per heavy atom. The Morgan fingerprint density at radius 2 is 2.07 bits per heavy atom. The zero-order valence-electron chi connectivity index (χ0n) is 9.03. The Labute approximate surface area is 85.3 Å². The molecule has 3 nitrogen and oxygen atoms in total. The van der Waals surface area contributed by atoms with Gasteiger partial charge in [0.2, 0.25) is 0 Å². The molecule has 0 bridgehead atoms. The maximum absolute atomic E-state index is 10.4. The lowest BCUT2D eigenvalue weighted by Gasteiger charge is -2.16. The highest BCUT2D eigenvalue weighted by atomic mass is 16.4. The first-order chi connectivity index (χ1) is 6.49. The third-order valence-electron chi connectivity index (χ3n) is 2.28. The molecule has 0 rings (SSSR count). The van der Waals surface area contributed by atoms with Gasteiger partial charge in [0, 0.05) is 17.7 Å². The number of carboxylic acid groups (broad SMARTS) is 1. The molecule has 0 heterocycles. The second kappa shape index (κ2) is 6.24. The molecule has 0 unspecified atom stereocenters. The molecule has 0 amide bonds. The van der Waals surface area contributed by atoms with Crippen LogP contribution in [-0.4, -0.2) is 11.1 Å². The molecule has 0 spiro atoms. The van der Waals surface area contributed by atoms with Crippen molar-refractivity contribution < 1.29 is 9.90 Å². The molecule has 0 saturated carbocycles. The maximum Gasteiger partial charge on any atom is 0.330 e. The van der Waals surface area contributed by atoms with Crippen molar-refractivity contribution in [2.45, 2.75) is 27.2 Å².